The lowest BCUT2D eigenvalue weighted by molar-refractivity contribution is 0.518. The number of nitrogens with zero attached hydrogens (tertiary/aromatic N) is 2. The Labute approximate surface area is 161 Å². The number of para-hydroxylation sites is 1. The number of nitrogens with one attached hydrogen (secondary N) is 2. The average molecular weight is 395 g/mol. The molecule has 4 N–H and O–H groups in total. The van der Waals surface area contributed by atoms with E-state index in [4.69, 9.17) is 9.56 Å². The van der Waals surface area contributed by atoms with Crippen molar-refractivity contribution in [2.24, 2.45) is 5.14 Å². The van der Waals surface area contributed by atoms with Crippen LogP contribution in [0, 0.1) is 0 Å². The molecule has 2 heterocycles. The van der Waals surface area contributed by atoms with Gasteiger partial charge in [-0.15, -0.1) is 0 Å². The van der Waals surface area contributed by atoms with Crippen LogP contribution in [-0.2, 0) is 16.6 Å². The first-order valence-corrected chi connectivity index (χ1v) is 9.96. The Kier molecular flexibility index (Phi) is 4.68. The van der Waals surface area contributed by atoms with Gasteiger partial charge in [-0.1, -0.05) is 18.2 Å². The van der Waals surface area contributed by atoms with Gasteiger partial charge in [0.05, 0.1) is 23.2 Å². The highest BCUT2D eigenvalue weighted by atomic mass is 32.2. The lowest BCUT2D eigenvalue weighted by Crippen LogP contribution is -2.12. The van der Waals surface area contributed by atoms with Gasteiger partial charge in [0.1, 0.15) is 11.6 Å². The fraction of sp³-hybridized carbons (Fsp3) is 0.0526. The second kappa shape index (κ2) is 7.29. The highest BCUT2D eigenvalue weighted by Crippen LogP contribution is 2.25. The number of hydrogen-bond donors (Lipinski definition) is 3. The second-order valence-corrected chi connectivity index (χ2v) is 7.61. The van der Waals surface area contributed by atoms with Crippen molar-refractivity contribution in [2.75, 3.05) is 10.6 Å². The van der Waals surface area contributed by atoms with E-state index in [1.807, 2.05) is 36.4 Å². The van der Waals surface area contributed by atoms with E-state index in [9.17, 15) is 8.42 Å². The molecule has 0 atom stereocenters. The molecule has 0 bridgehead atoms. The van der Waals surface area contributed by atoms with Gasteiger partial charge >= 0.3 is 0 Å². The Hall–Kier alpha value is -3.43. The van der Waals surface area contributed by atoms with Gasteiger partial charge in [-0.2, -0.15) is 4.98 Å². The molecule has 0 radical (unpaired) electrons. The summed E-state index contributed by atoms with van der Waals surface area (Å²) in [5.74, 6) is 1.73. The predicted octanol–water partition coefficient (Wildman–Crippen LogP) is 3.23. The quantitative estimate of drug-likeness (QED) is 0.458. The molecule has 0 aliphatic rings. The van der Waals surface area contributed by atoms with E-state index in [-0.39, 0.29) is 4.90 Å². The van der Waals surface area contributed by atoms with Crippen molar-refractivity contribution in [1.82, 2.24) is 9.97 Å². The normalized spacial score (nSPS) is 11.5. The minimum atomic E-state index is -3.80. The lowest BCUT2D eigenvalue weighted by atomic mass is 10.2. The van der Waals surface area contributed by atoms with Gasteiger partial charge in [-0.3, -0.25) is 0 Å². The summed E-state index contributed by atoms with van der Waals surface area (Å²) >= 11 is 0. The van der Waals surface area contributed by atoms with Gasteiger partial charge in [0.25, 0.3) is 0 Å². The standard InChI is InChI=1S/C19H17N5O3S/c20-28(25,26)15-7-3-5-13(11-15)22-19-23-17-9-2-1-8-16(17)18(24-19)21-12-14-6-4-10-27-14/h1-11H,12H2,(H2,20,25,26)(H2,21,22,23,24). The Bertz CT molecular complexity index is 1220. The third kappa shape index (κ3) is 3.95. The number of anilines is 3. The maximum Gasteiger partial charge on any atom is 0.238 e. The van der Waals surface area contributed by atoms with Crippen LogP contribution in [-0.4, -0.2) is 18.4 Å². The summed E-state index contributed by atoms with van der Waals surface area (Å²) in [6.07, 6.45) is 1.61. The van der Waals surface area contributed by atoms with Gasteiger partial charge < -0.3 is 15.1 Å². The molecule has 0 saturated heterocycles. The van der Waals surface area contributed by atoms with Crippen molar-refractivity contribution in [1.29, 1.82) is 0 Å². The minimum Gasteiger partial charge on any atom is -0.467 e. The van der Waals surface area contributed by atoms with E-state index in [1.165, 1.54) is 12.1 Å². The number of rotatable bonds is 6. The summed E-state index contributed by atoms with van der Waals surface area (Å²) in [6, 6.07) is 17.5. The molecule has 0 spiro atoms. The monoisotopic (exact) mass is 395 g/mol. The fourth-order valence-corrected chi connectivity index (χ4v) is 3.29. The molecule has 0 fully saturated rings. The van der Waals surface area contributed by atoms with Crippen LogP contribution in [0.1, 0.15) is 5.76 Å². The topological polar surface area (TPSA) is 123 Å². The molecule has 8 nitrogen and oxygen atoms in total. The summed E-state index contributed by atoms with van der Waals surface area (Å²) in [6.45, 7) is 0.467. The van der Waals surface area contributed by atoms with E-state index < -0.39 is 10.0 Å². The third-order valence-corrected chi connectivity index (χ3v) is 4.94. The number of furan rings is 1. The molecule has 2 aromatic heterocycles. The zero-order chi connectivity index (χ0) is 19.6. The van der Waals surface area contributed by atoms with Crippen LogP contribution in [0.3, 0.4) is 0 Å². The first-order valence-electron chi connectivity index (χ1n) is 8.42. The molecular weight excluding hydrogens is 378 g/mol. The van der Waals surface area contributed by atoms with Crippen molar-refractivity contribution in [2.45, 2.75) is 11.4 Å². The summed E-state index contributed by atoms with van der Waals surface area (Å²) in [5, 5.41) is 12.3. The van der Waals surface area contributed by atoms with Crippen molar-refractivity contribution in [3.63, 3.8) is 0 Å². The number of nitrogens with two attached hydrogens (primary N) is 1. The van der Waals surface area contributed by atoms with Crippen LogP contribution in [0.5, 0.6) is 0 Å². The third-order valence-electron chi connectivity index (χ3n) is 4.03. The molecule has 0 aliphatic carbocycles. The molecule has 4 rings (SSSR count). The van der Waals surface area contributed by atoms with E-state index in [2.05, 4.69) is 20.6 Å². The van der Waals surface area contributed by atoms with Crippen LogP contribution < -0.4 is 15.8 Å². The number of benzene rings is 2. The predicted molar refractivity (Wildman–Crippen MR) is 107 cm³/mol. The van der Waals surface area contributed by atoms with Gasteiger partial charge in [-0.25, -0.2) is 18.5 Å². The lowest BCUT2D eigenvalue weighted by Gasteiger charge is -2.11. The summed E-state index contributed by atoms with van der Waals surface area (Å²) < 4.78 is 28.5. The highest BCUT2D eigenvalue weighted by Gasteiger charge is 2.11. The van der Waals surface area contributed by atoms with Gasteiger partial charge in [0, 0.05) is 11.1 Å². The number of aromatic nitrogens is 2. The van der Waals surface area contributed by atoms with E-state index in [1.54, 1.807) is 18.4 Å². The molecule has 28 heavy (non-hydrogen) atoms. The van der Waals surface area contributed by atoms with Crippen molar-refractivity contribution in [3.8, 4) is 0 Å². The molecule has 0 aliphatic heterocycles. The van der Waals surface area contributed by atoms with Crippen LogP contribution in [0.25, 0.3) is 10.9 Å². The molecule has 4 aromatic rings. The average Bonchev–Trinajstić information content (AvgIpc) is 3.19. The van der Waals surface area contributed by atoms with Gasteiger partial charge in [0.2, 0.25) is 16.0 Å². The van der Waals surface area contributed by atoms with E-state index >= 15 is 0 Å². The van der Waals surface area contributed by atoms with Gasteiger partial charge in [0.15, 0.2) is 0 Å². The molecule has 0 unspecified atom stereocenters. The summed E-state index contributed by atoms with van der Waals surface area (Å²) in [7, 11) is -3.80. The van der Waals surface area contributed by atoms with Crippen molar-refractivity contribution in [3.05, 3.63) is 72.7 Å². The fourth-order valence-electron chi connectivity index (χ4n) is 2.73. The highest BCUT2D eigenvalue weighted by molar-refractivity contribution is 7.89. The SMILES string of the molecule is NS(=O)(=O)c1cccc(Nc2nc(NCc3ccco3)c3ccccc3n2)c1. The number of primary sulfonamides is 1. The Morgan fingerprint density at radius 2 is 1.86 bits per heavy atom. The first-order chi connectivity index (χ1) is 13.5. The van der Waals surface area contributed by atoms with Crippen LogP contribution in [0.4, 0.5) is 17.5 Å². The molecule has 0 amide bonds. The maximum absolute atomic E-state index is 11.6. The first kappa shape index (κ1) is 18.0. The Morgan fingerprint density at radius 1 is 1.00 bits per heavy atom. The zero-order valence-electron chi connectivity index (χ0n) is 14.7. The second-order valence-electron chi connectivity index (χ2n) is 6.04. The van der Waals surface area contributed by atoms with E-state index in [0.29, 0.717) is 24.0 Å². The number of fused-ring (bicyclic) bond motifs is 1. The van der Waals surface area contributed by atoms with Crippen LogP contribution >= 0.6 is 0 Å². The molecule has 0 saturated carbocycles. The molecule has 9 heteroatoms. The van der Waals surface area contributed by atoms with Crippen LogP contribution in [0.15, 0.2) is 76.2 Å². The maximum atomic E-state index is 11.6. The Balaban J connectivity index is 1.67. The minimum absolute atomic E-state index is 0.00876. The molecule has 2 aromatic carbocycles. The van der Waals surface area contributed by atoms with E-state index in [0.717, 1.165) is 16.7 Å². The van der Waals surface area contributed by atoms with Gasteiger partial charge in [-0.05, 0) is 42.5 Å². The van der Waals surface area contributed by atoms with Crippen molar-refractivity contribution >= 4 is 38.4 Å². The summed E-state index contributed by atoms with van der Waals surface area (Å²) in [5.41, 5.74) is 1.25. The van der Waals surface area contributed by atoms with Crippen molar-refractivity contribution < 1.29 is 12.8 Å². The number of sulfonamides is 1. The largest absolute Gasteiger partial charge is 0.467 e. The number of hydrogen-bond acceptors (Lipinski definition) is 7. The smallest absolute Gasteiger partial charge is 0.238 e. The van der Waals surface area contributed by atoms with Crippen LogP contribution in [0.2, 0.25) is 0 Å². The summed E-state index contributed by atoms with van der Waals surface area (Å²) in [4.78, 5) is 9.04. The zero-order valence-corrected chi connectivity index (χ0v) is 15.5. The molecular formula is C19H17N5O3S. The molecule has 142 valence electrons. The Morgan fingerprint density at radius 3 is 2.64 bits per heavy atom.